The number of ether oxygens (including phenoxy) is 1. The number of carbonyl (C=O) groups excluding carboxylic acids is 1. The van der Waals surface area contributed by atoms with Gasteiger partial charge < -0.3 is 20.3 Å². The molecule has 0 aromatic carbocycles. The van der Waals surface area contributed by atoms with E-state index in [1.54, 1.807) is 11.9 Å². The van der Waals surface area contributed by atoms with Crippen LogP contribution in [0.4, 0.5) is 4.79 Å². The number of nitrogens with one attached hydrogen (secondary N) is 2. The van der Waals surface area contributed by atoms with E-state index in [9.17, 15) is 4.79 Å². The van der Waals surface area contributed by atoms with Crippen LogP contribution < -0.4 is 10.6 Å². The maximum absolute atomic E-state index is 11.4. The minimum Gasteiger partial charge on any atom is -0.453 e. The van der Waals surface area contributed by atoms with Gasteiger partial charge in [0.05, 0.1) is 7.11 Å². The molecule has 2 rings (SSSR count). The van der Waals surface area contributed by atoms with Crippen molar-refractivity contribution in [3.05, 3.63) is 0 Å². The molecule has 120 valence electrons. The van der Waals surface area contributed by atoms with Gasteiger partial charge in [-0.05, 0) is 31.6 Å². The number of hydrogen-bond acceptors (Lipinski definition) is 3. The Morgan fingerprint density at radius 3 is 2.57 bits per heavy atom. The fourth-order valence-electron chi connectivity index (χ4n) is 2.73. The number of guanidine groups is 1. The molecule has 1 aliphatic heterocycles. The van der Waals surface area contributed by atoms with E-state index in [2.05, 4.69) is 15.6 Å². The molecule has 0 radical (unpaired) electrons. The molecule has 0 aromatic rings. The van der Waals surface area contributed by atoms with E-state index in [0.29, 0.717) is 6.04 Å². The first-order chi connectivity index (χ1) is 10.2. The zero-order chi connectivity index (χ0) is 15.1. The first-order valence-corrected chi connectivity index (χ1v) is 8.03. The van der Waals surface area contributed by atoms with Crippen LogP contribution in [-0.4, -0.2) is 56.8 Å². The molecule has 2 N–H and O–H groups in total. The topological polar surface area (TPSA) is 66.0 Å². The van der Waals surface area contributed by atoms with Crippen LogP contribution in [0.25, 0.3) is 0 Å². The third-order valence-corrected chi connectivity index (χ3v) is 4.27. The van der Waals surface area contributed by atoms with Crippen molar-refractivity contribution in [2.75, 3.05) is 33.8 Å². The number of nitrogens with zero attached hydrogens (tertiary/aromatic N) is 2. The number of methoxy groups -OCH3 is 1. The highest BCUT2D eigenvalue weighted by molar-refractivity contribution is 5.80. The Hall–Kier alpha value is -1.46. The van der Waals surface area contributed by atoms with Gasteiger partial charge in [-0.15, -0.1) is 0 Å². The third-order valence-electron chi connectivity index (χ3n) is 4.27. The summed E-state index contributed by atoms with van der Waals surface area (Å²) in [5.41, 5.74) is 0. The monoisotopic (exact) mass is 296 g/mol. The molecule has 6 nitrogen and oxygen atoms in total. The van der Waals surface area contributed by atoms with Crippen LogP contribution in [0.1, 0.15) is 38.5 Å². The zero-order valence-electron chi connectivity index (χ0n) is 13.2. The minimum atomic E-state index is -0.226. The summed E-state index contributed by atoms with van der Waals surface area (Å²) in [7, 11) is 3.24. The van der Waals surface area contributed by atoms with Crippen molar-refractivity contribution in [3.63, 3.8) is 0 Å². The van der Waals surface area contributed by atoms with Gasteiger partial charge in [0.25, 0.3) is 0 Å². The molecule has 2 fully saturated rings. The van der Waals surface area contributed by atoms with E-state index in [-0.39, 0.29) is 6.09 Å². The van der Waals surface area contributed by atoms with Gasteiger partial charge in [-0.2, -0.15) is 0 Å². The Morgan fingerprint density at radius 2 is 2.00 bits per heavy atom. The lowest BCUT2D eigenvalue weighted by atomic mass is 10.1. The molecule has 1 aliphatic carbocycles. The smallest absolute Gasteiger partial charge is 0.409 e. The summed E-state index contributed by atoms with van der Waals surface area (Å²) in [4.78, 5) is 17.5. The summed E-state index contributed by atoms with van der Waals surface area (Å²) in [5, 5.41) is 6.83. The van der Waals surface area contributed by atoms with E-state index in [4.69, 9.17) is 4.74 Å². The van der Waals surface area contributed by atoms with Crippen molar-refractivity contribution >= 4 is 12.1 Å². The second kappa shape index (κ2) is 8.10. The SMILES string of the molecule is CN=C(NCCCC1CC1)NC1CCN(C(=O)OC)CC1. The molecule has 0 atom stereocenters. The summed E-state index contributed by atoms with van der Waals surface area (Å²) in [6, 6.07) is 0.375. The van der Waals surface area contributed by atoms with Crippen LogP contribution in [0.3, 0.4) is 0 Å². The fourth-order valence-corrected chi connectivity index (χ4v) is 2.73. The molecule has 1 amide bonds. The highest BCUT2D eigenvalue weighted by Crippen LogP contribution is 2.33. The Kier molecular flexibility index (Phi) is 6.14. The van der Waals surface area contributed by atoms with E-state index in [1.165, 1.54) is 32.8 Å². The summed E-state index contributed by atoms with van der Waals surface area (Å²) in [5.74, 6) is 1.87. The summed E-state index contributed by atoms with van der Waals surface area (Å²) >= 11 is 0. The molecule has 21 heavy (non-hydrogen) atoms. The molecule has 0 bridgehead atoms. The predicted molar refractivity (Wildman–Crippen MR) is 83.5 cm³/mol. The average Bonchev–Trinajstić information content (AvgIpc) is 3.34. The molecule has 0 aromatic heterocycles. The zero-order valence-corrected chi connectivity index (χ0v) is 13.2. The van der Waals surface area contributed by atoms with Crippen LogP contribution in [0.5, 0.6) is 0 Å². The van der Waals surface area contributed by atoms with Crippen molar-refractivity contribution < 1.29 is 9.53 Å². The molecule has 2 aliphatic rings. The predicted octanol–water partition coefficient (Wildman–Crippen LogP) is 1.57. The first kappa shape index (κ1) is 15.9. The average molecular weight is 296 g/mol. The van der Waals surface area contributed by atoms with Gasteiger partial charge in [0.1, 0.15) is 0 Å². The molecular formula is C15H28N4O2. The van der Waals surface area contributed by atoms with E-state index in [1.807, 2.05) is 0 Å². The summed E-state index contributed by atoms with van der Waals surface area (Å²) in [6.45, 7) is 2.46. The van der Waals surface area contributed by atoms with Crippen LogP contribution in [-0.2, 0) is 4.74 Å². The van der Waals surface area contributed by atoms with Gasteiger partial charge in [0.2, 0.25) is 0 Å². The van der Waals surface area contributed by atoms with E-state index in [0.717, 1.165) is 44.4 Å². The first-order valence-electron chi connectivity index (χ1n) is 8.03. The van der Waals surface area contributed by atoms with Crippen molar-refractivity contribution in [1.29, 1.82) is 0 Å². The van der Waals surface area contributed by atoms with Crippen LogP contribution in [0.15, 0.2) is 4.99 Å². The number of hydrogen-bond donors (Lipinski definition) is 2. The molecule has 0 spiro atoms. The highest BCUT2D eigenvalue weighted by atomic mass is 16.5. The lowest BCUT2D eigenvalue weighted by Crippen LogP contribution is -2.49. The minimum absolute atomic E-state index is 0.226. The quantitative estimate of drug-likeness (QED) is 0.459. The van der Waals surface area contributed by atoms with Gasteiger partial charge in [-0.1, -0.05) is 12.8 Å². The molecule has 1 saturated heterocycles. The molecule has 0 unspecified atom stereocenters. The van der Waals surface area contributed by atoms with Gasteiger partial charge in [0.15, 0.2) is 5.96 Å². The molecule has 1 saturated carbocycles. The lowest BCUT2D eigenvalue weighted by Gasteiger charge is -2.32. The normalized spacial score (nSPS) is 20.3. The fraction of sp³-hybridized carbons (Fsp3) is 0.867. The number of likely N-dealkylation sites (tertiary alicyclic amines) is 1. The van der Waals surface area contributed by atoms with Crippen LogP contribution in [0, 0.1) is 5.92 Å². The van der Waals surface area contributed by atoms with E-state index < -0.39 is 0 Å². The van der Waals surface area contributed by atoms with Crippen molar-refractivity contribution in [2.45, 2.75) is 44.6 Å². The Balaban J connectivity index is 1.62. The maximum Gasteiger partial charge on any atom is 0.409 e. The number of aliphatic imine (C=N–C) groups is 1. The Bertz CT molecular complexity index is 361. The van der Waals surface area contributed by atoms with Crippen LogP contribution >= 0.6 is 0 Å². The van der Waals surface area contributed by atoms with Crippen molar-refractivity contribution in [3.8, 4) is 0 Å². The molecule has 6 heteroatoms. The molecular weight excluding hydrogens is 268 g/mol. The Labute approximate surface area is 127 Å². The summed E-state index contributed by atoms with van der Waals surface area (Å²) < 4.78 is 4.75. The number of carbonyl (C=O) groups is 1. The lowest BCUT2D eigenvalue weighted by molar-refractivity contribution is 0.111. The summed E-state index contributed by atoms with van der Waals surface area (Å²) in [6.07, 6.45) is 7.02. The standard InChI is InChI=1S/C15H28N4O2/c1-16-14(17-9-3-4-12-5-6-12)18-13-7-10-19(11-8-13)15(20)21-2/h12-13H,3-11H2,1-2H3,(H2,16,17,18). The van der Waals surface area contributed by atoms with Crippen LogP contribution in [0.2, 0.25) is 0 Å². The van der Waals surface area contributed by atoms with Gasteiger partial charge in [-0.3, -0.25) is 4.99 Å². The van der Waals surface area contributed by atoms with E-state index >= 15 is 0 Å². The third kappa shape index (κ3) is 5.44. The second-order valence-electron chi connectivity index (χ2n) is 5.96. The Morgan fingerprint density at radius 1 is 1.29 bits per heavy atom. The second-order valence-corrected chi connectivity index (χ2v) is 5.96. The van der Waals surface area contributed by atoms with Gasteiger partial charge >= 0.3 is 6.09 Å². The number of amides is 1. The maximum atomic E-state index is 11.4. The van der Waals surface area contributed by atoms with Gasteiger partial charge in [-0.25, -0.2) is 4.79 Å². The largest absolute Gasteiger partial charge is 0.453 e. The highest BCUT2D eigenvalue weighted by Gasteiger charge is 2.24. The molecule has 1 heterocycles. The van der Waals surface area contributed by atoms with Gasteiger partial charge in [0, 0.05) is 32.7 Å². The van der Waals surface area contributed by atoms with Crippen molar-refractivity contribution in [1.82, 2.24) is 15.5 Å². The van der Waals surface area contributed by atoms with Crippen molar-refractivity contribution in [2.24, 2.45) is 10.9 Å². The number of rotatable bonds is 5. The number of piperidine rings is 1.